The molecule has 1 aromatic carbocycles. The molecule has 0 saturated carbocycles. The molecule has 0 aliphatic carbocycles. The van der Waals surface area contributed by atoms with Crippen molar-refractivity contribution >= 4 is 57.2 Å². The number of aromatic nitrogens is 2. The Hall–Kier alpha value is -1.70. The van der Waals surface area contributed by atoms with E-state index in [1.54, 1.807) is 4.90 Å². The van der Waals surface area contributed by atoms with Gasteiger partial charge in [-0.15, -0.1) is 10.2 Å². The summed E-state index contributed by atoms with van der Waals surface area (Å²) in [6.07, 6.45) is 0.365. The summed E-state index contributed by atoms with van der Waals surface area (Å²) < 4.78 is 0. The summed E-state index contributed by atoms with van der Waals surface area (Å²) in [6.45, 7) is 2.53. The van der Waals surface area contributed by atoms with Gasteiger partial charge >= 0.3 is 0 Å². The monoisotopic (exact) mass is 384 g/mol. The zero-order chi connectivity index (χ0) is 17.3. The zero-order valence-electron chi connectivity index (χ0n) is 12.7. The second kappa shape index (κ2) is 7.04. The molecule has 1 aliphatic rings. The van der Waals surface area contributed by atoms with E-state index < -0.39 is 10.7 Å². The van der Waals surface area contributed by atoms with E-state index in [2.05, 4.69) is 15.5 Å². The van der Waals surface area contributed by atoms with Gasteiger partial charge in [0.1, 0.15) is 5.01 Å². The molecule has 1 N–H and O–H groups in total. The number of carbonyl (C=O) groups excluding carboxylic acids is 2. The van der Waals surface area contributed by atoms with Crippen LogP contribution in [0.1, 0.15) is 22.9 Å². The van der Waals surface area contributed by atoms with Crippen LogP contribution in [0.5, 0.6) is 0 Å². The van der Waals surface area contributed by atoms with Gasteiger partial charge in [-0.1, -0.05) is 46.7 Å². The van der Waals surface area contributed by atoms with E-state index in [9.17, 15) is 9.59 Å². The van der Waals surface area contributed by atoms with Crippen molar-refractivity contribution in [3.63, 3.8) is 0 Å². The predicted octanol–water partition coefficient (Wildman–Crippen LogP) is 3.11. The molecule has 126 valence electrons. The van der Waals surface area contributed by atoms with Crippen LogP contribution in [0.4, 0.5) is 10.8 Å². The molecule has 3 rings (SSSR count). The van der Waals surface area contributed by atoms with Crippen LogP contribution in [0.15, 0.2) is 24.3 Å². The maximum Gasteiger partial charge on any atom is 0.259 e. The van der Waals surface area contributed by atoms with Gasteiger partial charge in [0.25, 0.3) is 5.91 Å². The first-order chi connectivity index (χ1) is 11.4. The largest absolute Gasteiger partial charge is 0.312 e. The number of aryl methyl sites for hydroxylation is 1. The number of nitrogens with one attached hydrogen (secondary N) is 1. The number of amides is 2. The van der Waals surface area contributed by atoms with Crippen molar-refractivity contribution in [1.82, 2.24) is 10.2 Å². The molecule has 24 heavy (non-hydrogen) atoms. The summed E-state index contributed by atoms with van der Waals surface area (Å²) in [5.74, 6) is -0.554. The first-order valence-corrected chi connectivity index (χ1v) is 8.92. The molecule has 1 unspecified atom stereocenters. The maximum atomic E-state index is 12.3. The Morgan fingerprint density at radius 3 is 2.92 bits per heavy atom. The van der Waals surface area contributed by atoms with E-state index in [4.69, 9.17) is 23.2 Å². The van der Waals surface area contributed by atoms with E-state index in [-0.39, 0.29) is 11.8 Å². The van der Waals surface area contributed by atoms with E-state index in [0.29, 0.717) is 23.1 Å². The summed E-state index contributed by atoms with van der Waals surface area (Å²) in [7, 11) is 0. The SMILES string of the molecule is Cc1cccc(N2CC(c3nnc(NC(=O)C(Cl)Cl)s3)CC2=O)c1. The number of alkyl halides is 2. The second-order valence-corrected chi connectivity index (χ2v) is 7.59. The Kier molecular flexibility index (Phi) is 5.03. The Morgan fingerprint density at radius 1 is 1.42 bits per heavy atom. The highest BCUT2D eigenvalue weighted by Crippen LogP contribution is 2.34. The van der Waals surface area contributed by atoms with Crippen molar-refractivity contribution in [2.75, 3.05) is 16.8 Å². The average molecular weight is 385 g/mol. The summed E-state index contributed by atoms with van der Waals surface area (Å²) in [4.78, 5) is 24.4. The predicted molar refractivity (Wildman–Crippen MR) is 94.9 cm³/mol. The van der Waals surface area contributed by atoms with Crippen molar-refractivity contribution in [3.8, 4) is 0 Å². The lowest BCUT2D eigenvalue weighted by Crippen LogP contribution is -2.24. The van der Waals surface area contributed by atoms with Crippen molar-refractivity contribution in [2.24, 2.45) is 0 Å². The molecule has 1 aliphatic heterocycles. The van der Waals surface area contributed by atoms with Crippen LogP contribution >= 0.6 is 34.5 Å². The van der Waals surface area contributed by atoms with Crippen molar-refractivity contribution in [3.05, 3.63) is 34.8 Å². The molecular formula is C15H14Cl2N4O2S. The molecular weight excluding hydrogens is 371 g/mol. The van der Waals surface area contributed by atoms with Gasteiger partial charge in [0.2, 0.25) is 11.0 Å². The van der Waals surface area contributed by atoms with Gasteiger partial charge in [0.05, 0.1) is 0 Å². The Labute approximate surface area is 152 Å². The number of hydrogen-bond donors (Lipinski definition) is 1. The van der Waals surface area contributed by atoms with Gasteiger partial charge < -0.3 is 4.90 Å². The minimum atomic E-state index is -1.16. The molecule has 1 fully saturated rings. The minimum Gasteiger partial charge on any atom is -0.312 e. The van der Waals surface area contributed by atoms with Crippen LogP contribution in [0.25, 0.3) is 0 Å². The fourth-order valence-corrected chi connectivity index (χ4v) is 3.48. The Morgan fingerprint density at radius 2 is 2.21 bits per heavy atom. The van der Waals surface area contributed by atoms with E-state index in [1.807, 2.05) is 31.2 Å². The van der Waals surface area contributed by atoms with Gasteiger partial charge in [-0.25, -0.2) is 0 Å². The molecule has 2 aromatic rings. The van der Waals surface area contributed by atoms with Crippen LogP contribution in [-0.2, 0) is 9.59 Å². The Bertz CT molecular complexity index is 780. The quantitative estimate of drug-likeness (QED) is 0.821. The summed E-state index contributed by atoms with van der Waals surface area (Å²) in [6, 6.07) is 7.81. The smallest absolute Gasteiger partial charge is 0.259 e. The highest BCUT2D eigenvalue weighted by atomic mass is 35.5. The molecule has 2 amide bonds. The molecule has 0 spiro atoms. The number of benzene rings is 1. The lowest BCUT2D eigenvalue weighted by molar-refractivity contribution is -0.117. The fraction of sp³-hybridized carbons (Fsp3) is 0.333. The van der Waals surface area contributed by atoms with Crippen LogP contribution in [0.2, 0.25) is 0 Å². The number of anilines is 2. The lowest BCUT2D eigenvalue weighted by atomic mass is 10.1. The van der Waals surface area contributed by atoms with Gasteiger partial charge in [-0.3, -0.25) is 14.9 Å². The third-order valence-electron chi connectivity index (χ3n) is 3.66. The number of nitrogens with zero attached hydrogens (tertiary/aromatic N) is 3. The highest BCUT2D eigenvalue weighted by molar-refractivity contribution is 7.15. The molecule has 0 bridgehead atoms. The molecule has 1 saturated heterocycles. The third kappa shape index (κ3) is 3.68. The first-order valence-electron chi connectivity index (χ1n) is 7.23. The van der Waals surface area contributed by atoms with Crippen molar-refractivity contribution in [2.45, 2.75) is 24.1 Å². The highest BCUT2D eigenvalue weighted by Gasteiger charge is 2.34. The number of hydrogen-bond acceptors (Lipinski definition) is 5. The Balaban J connectivity index is 1.72. The maximum absolute atomic E-state index is 12.3. The van der Waals surface area contributed by atoms with Gasteiger partial charge in [0, 0.05) is 24.6 Å². The third-order valence-corrected chi connectivity index (χ3v) is 5.05. The number of carbonyl (C=O) groups is 2. The van der Waals surface area contributed by atoms with Gasteiger partial charge in [-0.2, -0.15) is 0 Å². The van der Waals surface area contributed by atoms with Crippen LogP contribution < -0.4 is 10.2 Å². The van der Waals surface area contributed by atoms with Crippen LogP contribution in [0, 0.1) is 6.92 Å². The topological polar surface area (TPSA) is 75.2 Å². The number of rotatable bonds is 4. The molecule has 1 aromatic heterocycles. The van der Waals surface area contributed by atoms with Crippen molar-refractivity contribution in [1.29, 1.82) is 0 Å². The van der Waals surface area contributed by atoms with E-state index in [1.165, 1.54) is 11.3 Å². The standard InChI is InChI=1S/C15H14Cl2N4O2S/c1-8-3-2-4-10(5-8)21-7-9(6-11(21)22)14-19-20-15(24-14)18-13(23)12(16)17/h2-5,9,12H,6-7H2,1H3,(H,18,20,23). The van der Waals surface area contributed by atoms with Crippen LogP contribution in [0.3, 0.4) is 0 Å². The van der Waals surface area contributed by atoms with Crippen LogP contribution in [-0.4, -0.2) is 33.4 Å². The van der Waals surface area contributed by atoms with Gasteiger partial charge in [0.15, 0.2) is 4.84 Å². The molecule has 1 atom stereocenters. The fourth-order valence-electron chi connectivity index (χ4n) is 2.53. The zero-order valence-corrected chi connectivity index (χ0v) is 15.0. The van der Waals surface area contributed by atoms with E-state index >= 15 is 0 Å². The van der Waals surface area contributed by atoms with Gasteiger partial charge in [-0.05, 0) is 24.6 Å². The second-order valence-electron chi connectivity index (χ2n) is 5.48. The molecule has 0 radical (unpaired) electrons. The first kappa shape index (κ1) is 17.1. The molecule has 2 heterocycles. The molecule has 9 heteroatoms. The van der Waals surface area contributed by atoms with Crippen molar-refractivity contribution < 1.29 is 9.59 Å². The normalized spacial score (nSPS) is 17.6. The molecule has 6 nitrogen and oxygen atoms in total. The summed E-state index contributed by atoms with van der Waals surface area (Å²) in [5, 5.41) is 11.5. The minimum absolute atomic E-state index is 0.0490. The average Bonchev–Trinajstić information content (AvgIpc) is 3.13. The van der Waals surface area contributed by atoms with E-state index in [0.717, 1.165) is 11.3 Å². The number of halogens is 2. The lowest BCUT2D eigenvalue weighted by Gasteiger charge is -2.16. The summed E-state index contributed by atoms with van der Waals surface area (Å²) >= 11 is 12.2. The summed E-state index contributed by atoms with van der Waals surface area (Å²) in [5.41, 5.74) is 1.98.